The molecule has 0 radical (unpaired) electrons. The van der Waals surface area contributed by atoms with E-state index in [0.29, 0.717) is 66.9 Å². The van der Waals surface area contributed by atoms with Crippen LogP contribution in [0.15, 0.2) is 0 Å². The normalized spacial score (nSPS) is 10.6. The maximum Gasteiger partial charge on any atom is 0.246 e. The second kappa shape index (κ2) is 24.0. The third-order valence-electron chi connectivity index (χ3n) is 6.13. The fourth-order valence-electron chi connectivity index (χ4n) is 3.62. The van der Waals surface area contributed by atoms with Crippen LogP contribution in [0.5, 0.6) is 0 Å². The number of hydrogen-bond acceptors (Lipinski definition) is 9. The molecule has 14 heteroatoms. The van der Waals surface area contributed by atoms with Crippen LogP contribution in [-0.4, -0.2) is 99.6 Å². The van der Waals surface area contributed by atoms with Gasteiger partial charge in [-0.2, -0.15) is 0 Å². The quantitative estimate of drug-likeness (QED) is 0.0557. The van der Waals surface area contributed by atoms with E-state index in [2.05, 4.69) is 10.6 Å². The molecule has 0 spiro atoms. The predicted octanol–water partition coefficient (Wildman–Crippen LogP) is 1.31. The lowest BCUT2D eigenvalue weighted by Gasteiger charge is -2.15. The summed E-state index contributed by atoms with van der Waals surface area (Å²) in [4.78, 5) is 58.4. The van der Waals surface area contributed by atoms with Crippen molar-refractivity contribution in [3.05, 3.63) is 0 Å². The van der Waals surface area contributed by atoms with Crippen molar-refractivity contribution in [2.24, 2.45) is 5.73 Å². The molecule has 0 heterocycles. The van der Waals surface area contributed by atoms with Crippen LogP contribution in [-0.2, 0) is 24.0 Å². The first-order chi connectivity index (χ1) is 19.1. The molecule has 0 aliphatic heterocycles. The molecular formula is C26H50N6O8. The highest BCUT2D eigenvalue weighted by molar-refractivity contribution is 5.83. The van der Waals surface area contributed by atoms with E-state index >= 15 is 0 Å². The Morgan fingerprint density at radius 2 is 0.925 bits per heavy atom. The fourth-order valence-corrected chi connectivity index (χ4v) is 3.62. The summed E-state index contributed by atoms with van der Waals surface area (Å²) >= 11 is 0. The molecule has 0 aromatic carbocycles. The van der Waals surface area contributed by atoms with Gasteiger partial charge in [-0.25, -0.2) is 15.2 Å². The smallest absolute Gasteiger partial charge is 0.246 e. The minimum Gasteiger partial charge on any atom is -0.356 e. The number of carbonyl (C=O) groups excluding carboxylic acids is 5. The Hall–Kier alpha value is -2.81. The van der Waals surface area contributed by atoms with Crippen molar-refractivity contribution in [2.75, 3.05) is 39.3 Å². The van der Waals surface area contributed by atoms with Crippen LogP contribution < -0.4 is 16.4 Å². The van der Waals surface area contributed by atoms with Gasteiger partial charge in [0.05, 0.1) is 0 Å². The zero-order valence-corrected chi connectivity index (χ0v) is 23.9. The molecule has 7 N–H and O–H groups in total. The van der Waals surface area contributed by atoms with Gasteiger partial charge in [0, 0.05) is 65.3 Å². The zero-order chi connectivity index (χ0) is 30.2. The van der Waals surface area contributed by atoms with Gasteiger partial charge in [0.25, 0.3) is 0 Å². The zero-order valence-electron chi connectivity index (χ0n) is 23.9. The molecule has 0 atom stereocenters. The average Bonchev–Trinajstić information content (AvgIpc) is 2.93. The number of hydrogen-bond donors (Lipinski definition) is 6. The summed E-state index contributed by atoms with van der Waals surface area (Å²) in [6.45, 7) is 3.34. The number of carbonyl (C=O) groups is 5. The predicted molar refractivity (Wildman–Crippen MR) is 146 cm³/mol. The van der Waals surface area contributed by atoms with E-state index in [1.54, 1.807) is 0 Å². The van der Waals surface area contributed by atoms with Gasteiger partial charge in [-0.15, -0.1) is 0 Å². The molecule has 0 aromatic heterocycles. The number of nitrogens with zero attached hydrogens (tertiary/aromatic N) is 3. The van der Waals surface area contributed by atoms with Gasteiger partial charge < -0.3 is 16.4 Å². The lowest BCUT2D eigenvalue weighted by atomic mass is 10.2. The number of nitrogens with one attached hydrogen (secondary N) is 2. The summed E-state index contributed by atoms with van der Waals surface area (Å²) in [5.41, 5.74) is 5.40. The van der Waals surface area contributed by atoms with E-state index in [0.717, 1.165) is 32.1 Å². The van der Waals surface area contributed by atoms with Crippen LogP contribution in [0.2, 0.25) is 0 Å². The molecule has 0 aromatic rings. The van der Waals surface area contributed by atoms with Crippen molar-refractivity contribution in [3.8, 4) is 0 Å². The molecule has 0 rings (SSSR count). The number of amides is 5. The van der Waals surface area contributed by atoms with Crippen LogP contribution in [0.1, 0.15) is 96.8 Å². The van der Waals surface area contributed by atoms with Crippen LogP contribution in [0.4, 0.5) is 0 Å². The van der Waals surface area contributed by atoms with Crippen LogP contribution in [0.3, 0.4) is 0 Å². The van der Waals surface area contributed by atoms with Crippen molar-refractivity contribution < 1.29 is 39.6 Å². The van der Waals surface area contributed by atoms with Crippen molar-refractivity contribution >= 4 is 29.5 Å². The number of rotatable bonds is 24. The maximum atomic E-state index is 12.0. The first kappa shape index (κ1) is 37.2. The summed E-state index contributed by atoms with van der Waals surface area (Å²) in [6.07, 6.45) is 6.95. The Morgan fingerprint density at radius 1 is 0.550 bits per heavy atom. The lowest BCUT2D eigenvalue weighted by Crippen LogP contribution is -2.31. The van der Waals surface area contributed by atoms with Crippen molar-refractivity contribution in [1.29, 1.82) is 0 Å². The van der Waals surface area contributed by atoms with Gasteiger partial charge in [0.1, 0.15) is 0 Å². The van der Waals surface area contributed by atoms with Crippen molar-refractivity contribution in [1.82, 2.24) is 25.8 Å². The molecule has 0 aliphatic carbocycles. The maximum absolute atomic E-state index is 12.0. The second-order valence-corrected chi connectivity index (χ2v) is 9.70. The fraction of sp³-hybridized carbons (Fsp3) is 0.808. The summed E-state index contributed by atoms with van der Waals surface area (Å²) in [5, 5.41) is 36.2. The van der Waals surface area contributed by atoms with Crippen LogP contribution in [0, 0.1) is 0 Å². The van der Waals surface area contributed by atoms with Crippen molar-refractivity contribution in [2.45, 2.75) is 96.8 Å². The van der Waals surface area contributed by atoms with E-state index in [-0.39, 0.29) is 57.1 Å². The second-order valence-electron chi connectivity index (χ2n) is 9.70. The molecule has 0 saturated heterocycles. The first-order valence-electron chi connectivity index (χ1n) is 14.3. The van der Waals surface area contributed by atoms with Crippen LogP contribution >= 0.6 is 0 Å². The highest BCUT2D eigenvalue weighted by Crippen LogP contribution is 2.04. The highest BCUT2D eigenvalue weighted by Gasteiger charge is 2.14. The first-order valence-corrected chi connectivity index (χ1v) is 14.3. The highest BCUT2D eigenvalue weighted by atomic mass is 16.5. The van der Waals surface area contributed by atoms with Gasteiger partial charge in [-0.05, 0) is 51.5 Å². The number of nitrogens with two attached hydrogens (primary N) is 1. The van der Waals surface area contributed by atoms with Gasteiger partial charge in [0.2, 0.25) is 29.5 Å². The van der Waals surface area contributed by atoms with Gasteiger partial charge in [-0.3, -0.25) is 39.6 Å². The molecule has 232 valence electrons. The van der Waals surface area contributed by atoms with Gasteiger partial charge in [0.15, 0.2) is 0 Å². The SMILES string of the molecule is CC(=O)N(O)CCCCCNC(=O)CCC(=O)N(O)CCCCCCNC(=O)CCC(=O)N(O)CCCCCN. The lowest BCUT2D eigenvalue weighted by molar-refractivity contribution is -0.166. The molecule has 0 unspecified atom stereocenters. The topological polar surface area (TPSA) is 206 Å². The Morgan fingerprint density at radius 3 is 1.35 bits per heavy atom. The summed E-state index contributed by atoms with van der Waals surface area (Å²) in [7, 11) is 0. The van der Waals surface area contributed by atoms with Crippen LogP contribution in [0.25, 0.3) is 0 Å². The largest absolute Gasteiger partial charge is 0.356 e. The third-order valence-corrected chi connectivity index (χ3v) is 6.13. The third kappa shape index (κ3) is 21.1. The molecule has 0 bridgehead atoms. The minimum atomic E-state index is -0.527. The van der Waals surface area contributed by atoms with Gasteiger partial charge >= 0.3 is 0 Å². The molecular weight excluding hydrogens is 524 g/mol. The van der Waals surface area contributed by atoms with E-state index in [4.69, 9.17) is 5.73 Å². The van der Waals surface area contributed by atoms with E-state index < -0.39 is 17.7 Å². The molecule has 0 saturated carbocycles. The minimum absolute atomic E-state index is 0.00397. The molecule has 14 nitrogen and oxygen atoms in total. The average molecular weight is 575 g/mol. The Bertz CT molecular complexity index is 755. The molecule has 5 amide bonds. The summed E-state index contributed by atoms with van der Waals surface area (Å²) in [5.74, 6) is -1.97. The van der Waals surface area contributed by atoms with E-state index in [1.165, 1.54) is 6.92 Å². The monoisotopic (exact) mass is 574 g/mol. The van der Waals surface area contributed by atoms with E-state index in [9.17, 15) is 39.6 Å². The Balaban J connectivity index is 3.72. The molecule has 0 fully saturated rings. The standard InChI is InChI=1S/C26H50N6O8/c1-22(33)30(38)19-11-5-8-18-29-24(35)13-14-25(36)31(39)20-9-3-2-7-17-28-23(34)12-15-26(37)32(40)21-10-4-6-16-27/h38-40H,2-21,27H2,1H3,(H,28,34)(H,29,35). The van der Waals surface area contributed by atoms with Crippen molar-refractivity contribution in [3.63, 3.8) is 0 Å². The Labute approximate surface area is 237 Å². The molecule has 0 aliphatic rings. The molecule has 40 heavy (non-hydrogen) atoms. The van der Waals surface area contributed by atoms with E-state index in [1.807, 2.05) is 0 Å². The summed E-state index contributed by atoms with van der Waals surface area (Å²) in [6, 6.07) is 0. The summed E-state index contributed by atoms with van der Waals surface area (Å²) < 4.78 is 0. The number of hydroxylamine groups is 6. The van der Waals surface area contributed by atoms with Gasteiger partial charge in [-0.1, -0.05) is 19.3 Å². The Kier molecular flexibility index (Phi) is 22.3. The number of unbranched alkanes of at least 4 members (excludes halogenated alkanes) is 7.